The lowest BCUT2D eigenvalue weighted by Gasteiger charge is -2.12. The highest BCUT2D eigenvalue weighted by Crippen LogP contribution is 2.40. The van der Waals surface area contributed by atoms with Gasteiger partial charge in [0.25, 0.3) is 0 Å². The third-order valence-corrected chi connectivity index (χ3v) is 3.32. The minimum absolute atomic E-state index is 0.0301. The molecule has 1 amide bonds. The summed E-state index contributed by atoms with van der Waals surface area (Å²) in [5, 5.41) is 6.44. The van der Waals surface area contributed by atoms with Crippen molar-refractivity contribution in [1.29, 1.82) is 0 Å². The van der Waals surface area contributed by atoms with Gasteiger partial charge in [-0.05, 0) is 30.0 Å². The summed E-state index contributed by atoms with van der Waals surface area (Å²) in [6.45, 7) is 0.368. The molecule has 0 radical (unpaired) electrons. The van der Waals surface area contributed by atoms with Crippen LogP contribution in [0.25, 0.3) is 0 Å². The first kappa shape index (κ1) is 15.4. The highest BCUT2D eigenvalue weighted by molar-refractivity contribution is 8.00. The van der Waals surface area contributed by atoms with E-state index < -0.39 is 5.51 Å². The number of alkyl halides is 3. The lowest BCUT2D eigenvalue weighted by atomic mass is 10.3. The number of thioether (sulfide) groups is 1. The third kappa shape index (κ3) is 5.14. The number of hydrogen-bond donors (Lipinski definition) is 1. The normalized spacial score (nSPS) is 11.4. The Kier molecular flexibility index (Phi) is 4.89. The second-order valence-electron chi connectivity index (χ2n) is 4.11. The fourth-order valence-corrected chi connectivity index (χ4v) is 2.27. The number of hydrogen-bond acceptors (Lipinski definition) is 3. The van der Waals surface area contributed by atoms with Crippen molar-refractivity contribution >= 4 is 23.4 Å². The SMILES string of the molecule is O=C(CCn1cccn1)Nc1ccccc1SC(F)(F)F. The van der Waals surface area contributed by atoms with E-state index in [1.54, 1.807) is 29.2 Å². The Bertz CT molecular complexity index is 599. The molecule has 21 heavy (non-hydrogen) atoms. The molecule has 0 aliphatic carbocycles. The van der Waals surface area contributed by atoms with Crippen molar-refractivity contribution in [3.8, 4) is 0 Å². The summed E-state index contributed by atoms with van der Waals surface area (Å²) in [7, 11) is 0. The molecule has 8 heteroatoms. The molecule has 112 valence electrons. The molecule has 0 unspecified atom stereocenters. The first-order chi connectivity index (χ1) is 9.94. The van der Waals surface area contributed by atoms with Gasteiger partial charge in [-0.1, -0.05) is 12.1 Å². The number of anilines is 1. The van der Waals surface area contributed by atoms with Crippen molar-refractivity contribution < 1.29 is 18.0 Å². The number of aromatic nitrogens is 2. The third-order valence-electron chi connectivity index (χ3n) is 2.51. The van der Waals surface area contributed by atoms with E-state index in [0.29, 0.717) is 6.54 Å². The largest absolute Gasteiger partial charge is 0.446 e. The zero-order valence-corrected chi connectivity index (χ0v) is 11.6. The van der Waals surface area contributed by atoms with Crippen LogP contribution in [-0.2, 0) is 11.3 Å². The van der Waals surface area contributed by atoms with Crippen LogP contribution >= 0.6 is 11.8 Å². The Morgan fingerprint density at radius 3 is 2.71 bits per heavy atom. The van der Waals surface area contributed by atoms with Gasteiger partial charge in [0.15, 0.2) is 0 Å². The van der Waals surface area contributed by atoms with Gasteiger partial charge in [-0.25, -0.2) is 0 Å². The summed E-state index contributed by atoms with van der Waals surface area (Å²) < 4.78 is 38.9. The number of benzene rings is 1. The Balaban J connectivity index is 1.97. The van der Waals surface area contributed by atoms with Gasteiger partial charge in [0.05, 0.1) is 5.69 Å². The average Bonchev–Trinajstić information content (AvgIpc) is 2.90. The molecule has 0 atom stereocenters. The number of carbonyl (C=O) groups is 1. The molecule has 2 aromatic rings. The standard InChI is InChI=1S/C13H12F3N3OS/c14-13(15,16)21-11-5-2-1-4-10(11)18-12(20)6-9-19-8-3-7-17-19/h1-5,7-8H,6,9H2,(H,18,20). The fraction of sp³-hybridized carbons (Fsp3) is 0.231. The van der Waals surface area contributed by atoms with Crippen molar-refractivity contribution in [2.75, 3.05) is 5.32 Å². The van der Waals surface area contributed by atoms with E-state index >= 15 is 0 Å². The number of nitrogens with one attached hydrogen (secondary N) is 1. The topological polar surface area (TPSA) is 46.9 Å². The second kappa shape index (κ2) is 6.66. The Morgan fingerprint density at radius 1 is 1.29 bits per heavy atom. The van der Waals surface area contributed by atoms with Gasteiger partial charge in [0.2, 0.25) is 5.91 Å². The van der Waals surface area contributed by atoms with Crippen LogP contribution < -0.4 is 5.32 Å². The summed E-state index contributed by atoms with van der Waals surface area (Å²) in [5.74, 6) is -0.360. The molecule has 0 saturated carbocycles. The maximum Gasteiger partial charge on any atom is 0.446 e. The van der Waals surface area contributed by atoms with Gasteiger partial charge < -0.3 is 5.32 Å². The molecule has 0 spiro atoms. The van der Waals surface area contributed by atoms with Crippen LogP contribution in [-0.4, -0.2) is 21.2 Å². The van der Waals surface area contributed by atoms with Gasteiger partial charge in [-0.15, -0.1) is 0 Å². The van der Waals surface area contributed by atoms with E-state index in [0.717, 1.165) is 0 Å². The number of rotatable bonds is 5. The summed E-state index contributed by atoms with van der Waals surface area (Å²) >= 11 is -0.247. The number of para-hydroxylation sites is 1. The summed E-state index contributed by atoms with van der Waals surface area (Å²) in [6.07, 6.45) is 3.43. The van der Waals surface area contributed by atoms with Gasteiger partial charge in [0.1, 0.15) is 0 Å². The highest BCUT2D eigenvalue weighted by atomic mass is 32.2. The quantitative estimate of drug-likeness (QED) is 0.859. The first-order valence-electron chi connectivity index (χ1n) is 6.06. The molecule has 0 saturated heterocycles. The molecule has 4 nitrogen and oxygen atoms in total. The Morgan fingerprint density at radius 2 is 2.05 bits per heavy atom. The van der Waals surface area contributed by atoms with Crippen molar-refractivity contribution in [3.05, 3.63) is 42.7 Å². The van der Waals surface area contributed by atoms with E-state index in [1.807, 2.05) is 0 Å². The summed E-state index contributed by atoms with van der Waals surface area (Å²) in [4.78, 5) is 11.8. The summed E-state index contributed by atoms with van der Waals surface area (Å²) in [6, 6.07) is 7.56. The van der Waals surface area contributed by atoms with Crippen molar-refractivity contribution in [3.63, 3.8) is 0 Å². The number of halogens is 3. The molecule has 2 rings (SSSR count). The van der Waals surface area contributed by atoms with E-state index in [2.05, 4.69) is 10.4 Å². The van der Waals surface area contributed by atoms with E-state index in [4.69, 9.17) is 0 Å². The summed E-state index contributed by atoms with van der Waals surface area (Å²) in [5.41, 5.74) is -4.24. The first-order valence-corrected chi connectivity index (χ1v) is 6.88. The van der Waals surface area contributed by atoms with Crippen molar-refractivity contribution in [2.24, 2.45) is 0 Å². The number of nitrogens with zero attached hydrogens (tertiary/aromatic N) is 2. The van der Waals surface area contributed by atoms with Crippen LogP contribution in [0.5, 0.6) is 0 Å². The van der Waals surface area contributed by atoms with Gasteiger partial charge >= 0.3 is 5.51 Å². The molecule has 1 N–H and O–H groups in total. The predicted octanol–water partition coefficient (Wildman–Crippen LogP) is 3.52. The molecule has 1 aromatic carbocycles. The smallest absolute Gasteiger partial charge is 0.325 e. The maximum absolute atomic E-state index is 12.4. The van der Waals surface area contributed by atoms with E-state index in [-0.39, 0.29) is 34.7 Å². The molecule has 0 aliphatic heterocycles. The average molecular weight is 315 g/mol. The lowest BCUT2D eigenvalue weighted by molar-refractivity contribution is -0.116. The van der Waals surface area contributed by atoms with Crippen molar-refractivity contribution in [2.45, 2.75) is 23.4 Å². The number of carbonyl (C=O) groups excluding carboxylic acids is 1. The minimum atomic E-state index is -4.39. The molecule has 0 fully saturated rings. The predicted molar refractivity (Wildman–Crippen MR) is 73.8 cm³/mol. The van der Waals surface area contributed by atoms with Crippen LogP contribution in [0.4, 0.5) is 18.9 Å². The van der Waals surface area contributed by atoms with Crippen molar-refractivity contribution in [1.82, 2.24) is 9.78 Å². The molecule has 1 aromatic heterocycles. The Labute approximate surface area is 123 Å². The van der Waals surface area contributed by atoms with Crippen LogP contribution in [0.15, 0.2) is 47.6 Å². The van der Waals surface area contributed by atoms with E-state index in [1.165, 1.54) is 18.2 Å². The van der Waals surface area contributed by atoms with Gasteiger partial charge in [-0.3, -0.25) is 9.48 Å². The zero-order valence-electron chi connectivity index (χ0n) is 10.8. The molecule has 1 heterocycles. The molecular formula is C13H12F3N3OS. The lowest BCUT2D eigenvalue weighted by Crippen LogP contribution is -2.15. The monoisotopic (exact) mass is 315 g/mol. The van der Waals surface area contributed by atoms with Crippen LogP contribution in [0, 0.1) is 0 Å². The zero-order chi connectivity index (χ0) is 15.3. The molecule has 0 bridgehead atoms. The van der Waals surface area contributed by atoms with E-state index in [9.17, 15) is 18.0 Å². The maximum atomic E-state index is 12.4. The fourth-order valence-electron chi connectivity index (χ4n) is 1.65. The minimum Gasteiger partial charge on any atom is -0.325 e. The van der Waals surface area contributed by atoms with Crippen LogP contribution in [0.1, 0.15) is 6.42 Å². The van der Waals surface area contributed by atoms with Crippen LogP contribution in [0.3, 0.4) is 0 Å². The molecule has 0 aliphatic rings. The van der Waals surface area contributed by atoms with Gasteiger partial charge in [0, 0.05) is 30.3 Å². The highest BCUT2D eigenvalue weighted by Gasteiger charge is 2.30. The Hall–Kier alpha value is -1.96. The van der Waals surface area contributed by atoms with Gasteiger partial charge in [-0.2, -0.15) is 18.3 Å². The molecular weight excluding hydrogens is 303 g/mol. The van der Waals surface area contributed by atoms with Crippen LogP contribution in [0.2, 0.25) is 0 Å². The number of aryl methyl sites for hydroxylation is 1. The number of amides is 1. The second-order valence-corrected chi connectivity index (χ2v) is 5.22.